The molecule has 0 rings (SSSR count). The van der Waals surface area contributed by atoms with E-state index in [1.807, 2.05) is 6.92 Å². The number of hydrogen-bond acceptors (Lipinski definition) is 2. The largest absolute Gasteiger partial charge is 0.274 e. The highest BCUT2D eigenvalue weighted by molar-refractivity contribution is 7.87. The summed E-state index contributed by atoms with van der Waals surface area (Å²) in [6, 6.07) is -0.0503. The van der Waals surface area contributed by atoms with Gasteiger partial charge in [-0.15, -0.1) is 0 Å². The van der Waals surface area contributed by atoms with Crippen molar-refractivity contribution in [2.75, 3.05) is 0 Å². The molecule has 0 aliphatic carbocycles. The van der Waals surface area contributed by atoms with Crippen molar-refractivity contribution in [3.63, 3.8) is 0 Å². The maximum Gasteiger partial charge on any atom is 0.274 e. The molecular weight excluding hydrogens is 224 g/mol. The third-order valence-corrected chi connectivity index (χ3v) is 3.34. The number of hydrogen-bond donors (Lipinski definition) is 2. The second-order valence-electron chi connectivity index (χ2n) is 4.47. The molecule has 98 valence electrons. The third-order valence-electron chi connectivity index (χ3n) is 2.61. The van der Waals surface area contributed by atoms with Crippen LogP contribution >= 0.6 is 0 Å². The van der Waals surface area contributed by atoms with Crippen LogP contribution in [0.15, 0.2) is 0 Å². The highest BCUT2D eigenvalue weighted by atomic mass is 32.2. The molecule has 0 amide bonds. The van der Waals surface area contributed by atoms with E-state index in [9.17, 15) is 8.42 Å². The van der Waals surface area contributed by atoms with Crippen LogP contribution < -0.4 is 9.86 Å². The quantitative estimate of drug-likeness (QED) is 0.584. The summed E-state index contributed by atoms with van der Waals surface area (Å²) < 4.78 is 23.8. The lowest BCUT2D eigenvalue weighted by molar-refractivity contribution is 0.513. The van der Waals surface area contributed by atoms with Crippen LogP contribution in [0, 0.1) is 0 Å². The average Bonchev–Trinajstić information content (AvgIpc) is 2.13. The van der Waals surface area contributed by atoms with Gasteiger partial charge in [0.2, 0.25) is 0 Å². The lowest BCUT2D eigenvalue weighted by Gasteiger charge is -2.11. The summed E-state index contributed by atoms with van der Waals surface area (Å²) in [6.07, 6.45) is 9.58. The van der Waals surface area contributed by atoms with Gasteiger partial charge in [0, 0.05) is 6.04 Å². The first kappa shape index (κ1) is 15.9. The smallest absolute Gasteiger partial charge is 0.216 e. The molecule has 16 heavy (non-hydrogen) atoms. The van der Waals surface area contributed by atoms with Crippen LogP contribution in [0.3, 0.4) is 0 Å². The number of nitrogens with one attached hydrogen (secondary N) is 1. The maximum atomic E-state index is 10.7. The monoisotopic (exact) mass is 250 g/mol. The second kappa shape index (κ2) is 8.96. The van der Waals surface area contributed by atoms with E-state index in [1.165, 1.54) is 38.5 Å². The Kier molecular flexibility index (Phi) is 8.89. The second-order valence-corrected chi connectivity index (χ2v) is 5.80. The molecule has 0 saturated carbocycles. The number of unbranched alkanes of at least 4 members (excludes halogenated alkanes) is 6. The minimum atomic E-state index is -3.53. The van der Waals surface area contributed by atoms with Gasteiger partial charge in [-0.25, -0.2) is 5.14 Å². The van der Waals surface area contributed by atoms with Gasteiger partial charge in [0.1, 0.15) is 0 Å². The average molecular weight is 250 g/mol. The Hall–Kier alpha value is -0.130. The summed E-state index contributed by atoms with van der Waals surface area (Å²) in [7, 11) is -3.53. The number of rotatable bonds is 10. The Morgan fingerprint density at radius 2 is 1.56 bits per heavy atom. The molecule has 4 nitrogen and oxygen atoms in total. The van der Waals surface area contributed by atoms with Crippen molar-refractivity contribution in [1.82, 2.24) is 4.72 Å². The van der Waals surface area contributed by atoms with E-state index in [1.54, 1.807) is 0 Å². The van der Waals surface area contributed by atoms with Crippen molar-refractivity contribution in [2.24, 2.45) is 5.14 Å². The Labute approximate surface area is 100 Å². The van der Waals surface area contributed by atoms with Gasteiger partial charge >= 0.3 is 0 Å². The topological polar surface area (TPSA) is 72.2 Å². The van der Waals surface area contributed by atoms with E-state index in [4.69, 9.17) is 5.14 Å². The molecule has 0 radical (unpaired) electrons. The van der Waals surface area contributed by atoms with Crippen LogP contribution in [0.25, 0.3) is 0 Å². The molecule has 1 unspecified atom stereocenters. The van der Waals surface area contributed by atoms with Crippen LogP contribution in [0.2, 0.25) is 0 Å². The molecule has 1 atom stereocenters. The first-order valence-corrected chi connectivity index (χ1v) is 7.80. The van der Waals surface area contributed by atoms with Gasteiger partial charge in [-0.3, -0.25) is 0 Å². The van der Waals surface area contributed by atoms with Crippen molar-refractivity contribution in [2.45, 2.75) is 71.3 Å². The van der Waals surface area contributed by atoms with Crippen molar-refractivity contribution >= 4 is 10.2 Å². The molecule has 0 fully saturated rings. The van der Waals surface area contributed by atoms with E-state index in [0.29, 0.717) is 0 Å². The zero-order valence-electron chi connectivity index (χ0n) is 10.5. The molecule has 3 N–H and O–H groups in total. The van der Waals surface area contributed by atoms with Gasteiger partial charge in [-0.2, -0.15) is 13.1 Å². The third kappa shape index (κ3) is 11.9. The Bertz CT molecular complexity index is 253. The maximum absolute atomic E-state index is 10.7. The zero-order chi connectivity index (χ0) is 12.4. The van der Waals surface area contributed by atoms with Gasteiger partial charge in [-0.1, -0.05) is 51.9 Å². The van der Waals surface area contributed by atoms with Gasteiger partial charge in [-0.05, 0) is 13.3 Å². The van der Waals surface area contributed by atoms with Crippen LogP contribution in [-0.2, 0) is 10.2 Å². The Balaban J connectivity index is 3.31. The van der Waals surface area contributed by atoms with Crippen LogP contribution in [0.5, 0.6) is 0 Å². The molecule has 0 saturated heterocycles. The molecule has 0 aliphatic rings. The summed E-state index contributed by atoms with van der Waals surface area (Å²) in [4.78, 5) is 0. The van der Waals surface area contributed by atoms with E-state index >= 15 is 0 Å². The summed E-state index contributed by atoms with van der Waals surface area (Å²) in [5.74, 6) is 0. The fourth-order valence-corrected chi connectivity index (χ4v) is 2.43. The van der Waals surface area contributed by atoms with E-state index < -0.39 is 10.2 Å². The van der Waals surface area contributed by atoms with Crippen LogP contribution in [0.1, 0.15) is 65.2 Å². The highest BCUT2D eigenvalue weighted by Crippen LogP contribution is 2.09. The summed E-state index contributed by atoms with van der Waals surface area (Å²) in [5, 5.41) is 4.88. The van der Waals surface area contributed by atoms with Gasteiger partial charge in [0.25, 0.3) is 10.2 Å². The number of nitrogens with two attached hydrogens (primary N) is 1. The Morgan fingerprint density at radius 1 is 1.06 bits per heavy atom. The molecule has 0 bridgehead atoms. The van der Waals surface area contributed by atoms with Crippen molar-refractivity contribution in [1.29, 1.82) is 0 Å². The molecule has 0 aliphatic heterocycles. The predicted octanol–water partition coefficient (Wildman–Crippen LogP) is 2.31. The van der Waals surface area contributed by atoms with Crippen LogP contribution in [-0.4, -0.2) is 14.5 Å². The van der Waals surface area contributed by atoms with Gasteiger partial charge < -0.3 is 0 Å². The van der Waals surface area contributed by atoms with Crippen LogP contribution in [0.4, 0.5) is 0 Å². The highest BCUT2D eigenvalue weighted by Gasteiger charge is 2.07. The summed E-state index contributed by atoms with van der Waals surface area (Å²) in [6.45, 7) is 4.06. The molecule has 0 aromatic heterocycles. The molecular formula is C11H26N2O2S. The van der Waals surface area contributed by atoms with Crippen molar-refractivity contribution < 1.29 is 8.42 Å². The zero-order valence-corrected chi connectivity index (χ0v) is 11.4. The normalized spacial score (nSPS) is 13.9. The lowest BCUT2D eigenvalue weighted by atomic mass is 10.1. The van der Waals surface area contributed by atoms with E-state index in [0.717, 1.165) is 12.8 Å². The van der Waals surface area contributed by atoms with Gasteiger partial charge in [0.15, 0.2) is 0 Å². The molecule has 0 heterocycles. The first-order valence-electron chi connectivity index (χ1n) is 6.25. The van der Waals surface area contributed by atoms with E-state index in [-0.39, 0.29) is 6.04 Å². The SMILES string of the molecule is CCCCCCCCCC(C)NS(N)(=O)=O. The standard InChI is InChI=1S/C11H26N2O2S/c1-3-4-5-6-7-8-9-10-11(2)13-16(12,14)15/h11,13H,3-10H2,1-2H3,(H2,12,14,15). The van der Waals surface area contributed by atoms with Crippen molar-refractivity contribution in [3.05, 3.63) is 0 Å². The summed E-state index contributed by atoms with van der Waals surface area (Å²) in [5.41, 5.74) is 0. The summed E-state index contributed by atoms with van der Waals surface area (Å²) >= 11 is 0. The minimum Gasteiger partial charge on any atom is -0.216 e. The van der Waals surface area contributed by atoms with Crippen molar-refractivity contribution in [3.8, 4) is 0 Å². The van der Waals surface area contributed by atoms with E-state index in [2.05, 4.69) is 11.6 Å². The molecule has 0 aromatic carbocycles. The fraction of sp³-hybridized carbons (Fsp3) is 1.00. The lowest BCUT2D eigenvalue weighted by Crippen LogP contribution is -2.37. The first-order chi connectivity index (χ1) is 7.45. The predicted molar refractivity (Wildman–Crippen MR) is 68.3 cm³/mol. The minimum absolute atomic E-state index is 0.0503. The molecule has 0 aromatic rings. The molecule has 0 spiro atoms. The fourth-order valence-electron chi connectivity index (χ4n) is 1.75. The molecule has 5 heteroatoms. The van der Waals surface area contributed by atoms with Gasteiger partial charge in [0.05, 0.1) is 0 Å². The Morgan fingerprint density at radius 3 is 2.06 bits per heavy atom.